The van der Waals surface area contributed by atoms with E-state index >= 15 is 0 Å². The van der Waals surface area contributed by atoms with Gasteiger partial charge in [-0.05, 0) is 31.0 Å². The monoisotopic (exact) mass is 315 g/mol. The van der Waals surface area contributed by atoms with Crippen molar-refractivity contribution in [2.24, 2.45) is 0 Å². The van der Waals surface area contributed by atoms with Gasteiger partial charge >= 0.3 is 5.97 Å². The highest BCUT2D eigenvalue weighted by atomic mass is 16.5. The topological polar surface area (TPSA) is 84.1 Å². The molecule has 2 N–H and O–H groups in total. The standard InChI is InChI=1S/C17H21N3O3/c1-4-13-14(17(22)23-3)11(2)15(20-13)16(21)19-10-8-12-7-5-6-9-18-12/h5-7,9,20H,4,8,10H2,1-3H3,(H,19,21). The van der Waals surface area contributed by atoms with Crippen molar-refractivity contribution in [3.05, 3.63) is 52.6 Å². The van der Waals surface area contributed by atoms with Crippen molar-refractivity contribution in [2.45, 2.75) is 26.7 Å². The van der Waals surface area contributed by atoms with Gasteiger partial charge in [-0.3, -0.25) is 9.78 Å². The molecule has 0 saturated carbocycles. The number of esters is 1. The van der Waals surface area contributed by atoms with Gasteiger partial charge in [-0.15, -0.1) is 0 Å². The van der Waals surface area contributed by atoms with Crippen molar-refractivity contribution in [3.8, 4) is 0 Å². The van der Waals surface area contributed by atoms with Crippen LogP contribution in [-0.2, 0) is 17.6 Å². The van der Waals surface area contributed by atoms with Crippen LogP contribution < -0.4 is 5.32 Å². The molecule has 0 aliphatic heterocycles. The van der Waals surface area contributed by atoms with Crippen LogP contribution in [0.1, 0.15) is 44.7 Å². The minimum absolute atomic E-state index is 0.233. The third-order valence-corrected chi connectivity index (χ3v) is 3.69. The number of hydrogen-bond donors (Lipinski definition) is 2. The van der Waals surface area contributed by atoms with E-state index in [1.807, 2.05) is 25.1 Å². The molecule has 2 heterocycles. The summed E-state index contributed by atoms with van der Waals surface area (Å²) in [4.78, 5) is 31.4. The summed E-state index contributed by atoms with van der Waals surface area (Å²) in [6, 6.07) is 5.68. The first-order valence-electron chi connectivity index (χ1n) is 7.56. The molecule has 0 aliphatic rings. The molecular weight excluding hydrogens is 294 g/mol. The lowest BCUT2D eigenvalue weighted by atomic mass is 10.1. The van der Waals surface area contributed by atoms with Crippen molar-refractivity contribution in [2.75, 3.05) is 13.7 Å². The zero-order chi connectivity index (χ0) is 16.8. The number of hydrogen-bond acceptors (Lipinski definition) is 4. The molecule has 23 heavy (non-hydrogen) atoms. The summed E-state index contributed by atoms with van der Waals surface area (Å²) in [6.07, 6.45) is 2.99. The van der Waals surface area contributed by atoms with Crippen LogP contribution in [0.4, 0.5) is 0 Å². The first-order chi connectivity index (χ1) is 11.1. The maximum absolute atomic E-state index is 12.3. The second-order valence-corrected chi connectivity index (χ2v) is 5.15. The Morgan fingerprint density at radius 3 is 2.74 bits per heavy atom. The predicted molar refractivity (Wildman–Crippen MR) is 86.5 cm³/mol. The van der Waals surface area contributed by atoms with Crippen LogP contribution in [0.15, 0.2) is 24.4 Å². The van der Waals surface area contributed by atoms with E-state index in [9.17, 15) is 9.59 Å². The Bertz CT molecular complexity index is 693. The number of pyridine rings is 1. The van der Waals surface area contributed by atoms with E-state index in [0.29, 0.717) is 41.9 Å². The van der Waals surface area contributed by atoms with Crippen molar-refractivity contribution in [3.63, 3.8) is 0 Å². The summed E-state index contributed by atoms with van der Waals surface area (Å²) in [6.45, 7) is 4.14. The molecule has 0 fully saturated rings. The summed E-state index contributed by atoms with van der Waals surface area (Å²) in [7, 11) is 1.33. The third-order valence-electron chi connectivity index (χ3n) is 3.69. The fraction of sp³-hybridized carbons (Fsp3) is 0.353. The number of ether oxygens (including phenoxy) is 1. The molecular formula is C17H21N3O3. The maximum Gasteiger partial charge on any atom is 0.339 e. The molecule has 1 amide bonds. The second kappa shape index (κ2) is 7.58. The zero-order valence-corrected chi connectivity index (χ0v) is 13.6. The Morgan fingerprint density at radius 2 is 2.13 bits per heavy atom. The quantitative estimate of drug-likeness (QED) is 0.799. The van der Waals surface area contributed by atoms with Gasteiger partial charge in [0, 0.05) is 30.6 Å². The third kappa shape index (κ3) is 3.77. The number of aromatic amines is 1. The van der Waals surface area contributed by atoms with Gasteiger partial charge in [0.2, 0.25) is 0 Å². The SMILES string of the molecule is CCc1[nH]c(C(=O)NCCc2ccccn2)c(C)c1C(=O)OC. The second-order valence-electron chi connectivity index (χ2n) is 5.15. The fourth-order valence-corrected chi connectivity index (χ4v) is 2.47. The van der Waals surface area contributed by atoms with Crippen LogP contribution in [0.5, 0.6) is 0 Å². The molecule has 0 saturated heterocycles. The fourth-order valence-electron chi connectivity index (χ4n) is 2.47. The Labute approximate surface area is 135 Å². The normalized spacial score (nSPS) is 10.4. The van der Waals surface area contributed by atoms with Gasteiger partial charge in [-0.2, -0.15) is 0 Å². The molecule has 0 unspecified atom stereocenters. The minimum Gasteiger partial charge on any atom is -0.465 e. The lowest BCUT2D eigenvalue weighted by Crippen LogP contribution is -2.27. The first kappa shape index (κ1) is 16.7. The van der Waals surface area contributed by atoms with Crippen LogP contribution in [-0.4, -0.2) is 35.5 Å². The zero-order valence-electron chi connectivity index (χ0n) is 13.6. The highest BCUT2D eigenvalue weighted by molar-refractivity contribution is 6.00. The Hall–Kier alpha value is -2.63. The van der Waals surface area contributed by atoms with E-state index in [1.165, 1.54) is 7.11 Å². The molecule has 0 aromatic carbocycles. The molecule has 0 atom stereocenters. The highest BCUT2D eigenvalue weighted by Gasteiger charge is 2.23. The number of carbonyl (C=O) groups is 2. The lowest BCUT2D eigenvalue weighted by Gasteiger charge is -2.05. The number of carbonyl (C=O) groups excluding carboxylic acids is 2. The molecule has 122 valence electrons. The van der Waals surface area contributed by atoms with Crippen molar-refractivity contribution >= 4 is 11.9 Å². The smallest absolute Gasteiger partial charge is 0.339 e. The van der Waals surface area contributed by atoms with E-state index in [0.717, 1.165) is 5.69 Å². The van der Waals surface area contributed by atoms with Crippen LogP contribution in [0.2, 0.25) is 0 Å². The first-order valence-corrected chi connectivity index (χ1v) is 7.56. The molecule has 2 aromatic rings. The van der Waals surface area contributed by atoms with Gasteiger partial charge in [-0.1, -0.05) is 13.0 Å². The van der Waals surface area contributed by atoms with Crippen molar-refractivity contribution in [1.82, 2.24) is 15.3 Å². The Balaban J connectivity index is 2.07. The number of methoxy groups -OCH3 is 1. The molecule has 6 nitrogen and oxygen atoms in total. The Kier molecular flexibility index (Phi) is 5.51. The molecule has 2 rings (SSSR count). The van der Waals surface area contributed by atoms with E-state index in [-0.39, 0.29) is 5.91 Å². The molecule has 0 radical (unpaired) electrons. The van der Waals surface area contributed by atoms with Gasteiger partial charge in [0.1, 0.15) is 5.69 Å². The molecule has 0 bridgehead atoms. The van der Waals surface area contributed by atoms with Crippen molar-refractivity contribution in [1.29, 1.82) is 0 Å². The lowest BCUT2D eigenvalue weighted by molar-refractivity contribution is 0.0599. The maximum atomic E-state index is 12.3. The van der Waals surface area contributed by atoms with Crippen molar-refractivity contribution < 1.29 is 14.3 Å². The predicted octanol–water partition coefficient (Wildman–Crippen LogP) is 2.04. The van der Waals surface area contributed by atoms with Gasteiger partial charge in [-0.25, -0.2) is 4.79 Å². The number of rotatable bonds is 6. The van der Waals surface area contributed by atoms with Crippen LogP contribution in [0.25, 0.3) is 0 Å². The van der Waals surface area contributed by atoms with Gasteiger partial charge < -0.3 is 15.0 Å². The van der Waals surface area contributed by atoms with Crippen LogP contribution in [0.3, 0.4) is 0 Å². The van der Waals surface area contributed by atoms with Gasteiger partial charge in [0.15, 0.2) is 0 Å². The highest BCUT2D eigenvalue weighted by Crippen LogP contribution is 2.20. The Morgan fingerprint density at radius 1 is 1.35 bits per heavy atom. The summed E-state index contributed by atoms with van der Waals surface area (Å²) in [5.41, 5.74) is 3.10. The van der Waals surface area contributed by atoms with Gasteiger partial charge in [0.25, 0.3) is 5.91 Å². The number of amides is 1. The van der Waals surface area contributed by atoms with E-state index in [1.54, 1.807) is 13.1 Å². The summed E-state index contributed by atoms with van der Waals surface area (Å²) in [5, 5.41) is 2.85. The van der Waals surface area contributed by atoms with E-state index < -0.39 is 5.97 Å². The van der Waals surface area contributed by atoms with Crippen LogP contribution in [0, 0.1) is 6.92 Å². The number of nitrogens with zero attached hydrogens (tertiary/aromatic N) is 1. The average Bonchev–Trinajstić information content (AvgIpc) is 2.91. The summed E-state index contributed by atoms with van der Waals surface area (Å²) >= 11 is 0. The molecule has 0 spiro atoms. The largest absolute Gasteiger partial charge is 0.465 e. The molecule has 2 aromatic heterocycles. The number of aryl methyl sites for hydroxylation is 1. The number of H-pyrrole nitrogens is 1. The van der Waals surface area contributed by atoms with Gasteiger partial charge in [0.05, 0.1) is 12.7 Å². The van der Waals surface area contributed by atoms with E-state index in [2.05, 4.69) is 15.3 Å². The van der Waals surface area contributed by atoms with E-state index in [4.69, 9.17) is 4.74 Å². The number of aromatic nitrogens is 2. The summed E-state index contributed by atoms with van der Waals surface area (Å²) in [5.74, 6) is -0.661. The van der Waals surface area contributed by atoms with Crippen LogP contribution >= 0.6 is 0 Å². The minimum atomic E-state index is -0.428. The average molecular weight is 315 g/mol. The molecule has 0 aliphatic carbocycles. The summed E-state index contributed by atoms with van der Waals surface area (Å²) < 4.78 is 4.79. The number of nitrogens with one attached hydrogen (secondary N) is 2. The molecule has 6 heteroatoms.